The predicted molar refractivity (Wildman–Crippen MR) is 95.7 cm³/mol. The Bertz CT molecular complexity index is 687. The van der Waals surface area contributed by atoms with Gasteiger partial charge in [-0.1, -0.05) is 12.1 Å². The highest BCUT2D eigenvalue weighted by Gasteiger charge is 2.52. The molecule has 0 spiro atoms. The number of nitrogens with one attached hydrogen (secondary N) is 2. The van der Waals surface area contributed by atoms with Crippen molar-refractivity contribution in [3.63, 3.8) is 0 Å². The number of alkyl carbamates (subject to hydrolysis) is 1. The van der Waals surface area contributed by atoms with Crippen LogP contribution in [0.25, 0.3) is 0 Å². The van der Waals surface area contributed by atoms with E-state index in [1.165, 1.54) is 7.11 Å². The zero-order chi connectivity index (χ0) is 19.5. The number of ether oxygens (including phenoxy) is 2. The molecule has 2 rings (SSSR count). The highest BCUT2D eigenvalue weighted by molar-refractivity contribution is 5.93. The molecule has 1 fully saturated rings. The first-order chi connectivity index (χ1) is 12.1. The van der Waals surface area contributed by atoms with Crippen molar-refractivity contribution >= 4 is 18.0 Å². The van der Waals surface area contributed by atoms with Gasteiger partial charge in [0.1, 0.15) is 11.1 Å². The molecule has 0 radical (unpaired) electrons. The van der Waals surface area contributed by atoms with Gasteiger partial charge in [-0.2, -0.15) is 0 Å². The molecular weight excluding hydrogens is 336 g/mol. The normalized spacial score (nSPS) is 16.2. The van der Waals surface area contributed by atoms with Crippen molar-refractivity contribution in [2.45, 2.75) is 57.7 Å². The third kappa shape index (κ3) is 4.97. The van der Waals surface area contributed by atoms with E-state index in [0.29, 0.717) is 18.4 Å². The molecule has 1 atom stereocenters. The molecular formula is C19H26N2O5. The van der Waals surface area contributed by atoms with E-state index in [1.807, 2.05) is 6.92 Å². The molecule has 0 aliphatic heterocycles. The van der Waals surface area contributed by atoms with Crippen molar-refractivity contribution in [1.29, 1.82) is 0 Å². The van der Waals surface area contributed by atoms with E-state index in [2.05, 4.69) is 15.4 Å². The maximum atomic E-state index is 12.6. The Hall–Kier alpha value is -2.57. The second-order valence-electron chi connectivity index (χ2n) is 7.52. The predicted octanol–water partition coefficient (Wildman–Crippen LogP) is 2.71. The number of hydrogen-bond donors (Lipinski definition) is 2. The van der Waals surface area contributed by atoms with Crippen molar-refractivity contribution in [1.82, 2.24) is 10.6 Å². The zero-order valence-corrected chi connectivity index (χ0v) is 15.8. The average molecular weight is 362 g/mol. The lowest BCUT2D eigenvalue weighted by atomic mass is 10.1. The van der Waals surface area contributed by atoms with Crippen LogP contribution in [0.15, 0.2) is 24.3 Å². The summed E-state index contributed by atoms with van der Waals surface area (Å²) in [6.45, 7) is 7.15. The van der Waals surface area contributed by atoms with Gasteiger partial charge in [0, 0.05) is 0 Å². The lowest BCUT2D eigenvalue weighted by molar-refractivity contribution is -0.124. The Morgan fingerprint density at radius 3 is 2.15 bits per heavy atom. The molecule has 142 valence electrons. The number of benzene rings is 1. The largest absolute Gasteiger partial charge is 0.465 e. The molecule has 1 aromatic carbocycles. The van der Waals surface area contributed by atoms with Crippen molar-refractivity contribution < 1.29 is 23.9 Å². The van der Waals surface area contributed by atoms with Gasteiger partial charge >= 0.3 is 12.1 Å². The molecule has 26 heavy (non-hydrogen) atoms. The van der Waals surface area contributed by atoms with E-state index in [9.17, 15) is 14.4 Å². The minimum atomic E-state index is -0.900. The van der Waals surface area contributed by atoms with Crippen LogP contribution in [0.1, 0.15) is 62.5 Å². The molecule has 7 heteroatoms. The summed E-state index contributed by atoms with van der Waals surface area (Å²) in [4.78, 5) is 36.0. The molecule has 0 bridgehead atoms. The summed E-state index contributed by atoms with van der Waals surface area (Å²) in [5.41, 5.74) is -0.229. The maximum Gasteiger partial charge on any atom is 0.408 e. The van der Waals surface area contributed by atoms with E-state index >= 15 is 0 Å². The summed E-state index contributed by atoms with van der Waals surface area (Å²) in [7, 11) is 1.33. The Balaban J connectivity index is 1.96. The standard InChI is InChI=1S/C19H26N2O5/c1-12(13-6-8-14(9-7-13)15(22)25-5)20-16(23)19(10-11-19)21-17(24)26-18(2,3)4/h6-9,12H,10-11H2,1-5H3,(H,20,23)(H,21,24). The Morgan fingerprint density at radius 2 is 1.69 bits per heavy atom. The van der Waals surface area contributed by atoms with Crippen molar-refractivity contribution in [3.8, 4) is 0 Å². The van der Waals surface area contributed by atoms with E-state index < -0.39 is 23.2 Å². The second-order valence-corrected chi connectivity index (χ2v) is 7.52. The third-order valence-electron chi connectivity index (χ3n) is 4.10. The first kappa shape index (κ1) is 19.8. The summed E-state index contributed by atoms with van der Waals surface area (Å²) < 4.78 is 9.89. The van der Waals surface area contributed by atoms with Gasteiger partial charge in [0.05, 0.1) is 18.7 Å². The first-order valence-electron chi connectivity index (χ1n) is 8.57. The SMILES string of the molecule is COC(=O)c1ccc(C(C)NC(=O)C2(NC(=O)OC(C)(C)C)CC2)cc1. The quantitative estimate of drug-likeness (QED) is 0.786. The van der Waals surface area contributed by atoms with Gasteiger partial charge in [0.25, 0.3) is 0 Å². The molecule has 2 N–H and O–H groups in total. The van der Waals surface area contributed by atoms with Crippen molar-refractivity contribution in [2.75, 3.05) is 7.11 Å². The molecule has 0 aromatic heterocycles. The molecule has 0 saturated heterocycles. The zero-order valence-electron chi connectivity index (χ0n) is 15.8. The monoisotopic (exact) mass is 362 g/mol. The Labute approximate surface area is 153 Å². The number of methoxy groups -OCH3 is 1. The lowest BCUT2D eigenvalue weighted by Crippen LogP contribution is -2.50. The maximum absolute atomic E-state index is 12.6. The van der Waals surface area contributed by atoms with Crippen LogP contribution in [-0.2, 0) is 14.3 Å². The van der Waals surface area contributed by atoms with Gasteiger partial charge in [-0.05, 0) is 58.2 Å². The van der Waals surface area contributed by atoms with Crippen LogP contribution in [0.2, 0.25) is 0 Å². The Morgan fingerprint density at radius 1 is 1.12 bits per heavy atom. The van der Waals surface area contributed by atoms with Gasteiger partial charge in [-0.25, -0.2) is 9.59 Å². The highest BCUT2D eigenvalue weighted by atomic mass is 16.6. The fourth-order valence-electron chi connectivity index (χ4n) is 2.48. The lowest BCUT2D eigenvalue weighted by Gasteiger charge is -2.24. The van der Waals surface area contributed by atoms with E-state index in [1.54, 1.807) is 45.0 Å². The molecule has 1 aliphatic rings. The van der Waals surface area contributed by atoms with Crippen LogP contribution < -0.4 is 10.6 Å². The summed E-state index contributed by atoms with van der Waals surface area (Å²) in [6, 6.07) is 6.55. The topological polar surface area (TPSA) is 93.7 Å². The number of rotatable bonds is 5. The molecule has 1 saturated carbocycles. The Kier molecular flexibility index (Phi) is 5.59. The van der Waals surface area contributed by atoms with E-state index in [0.717, 1.165) is 5.56 Å². The summed E-state index contributed by atoms with van der Waals surface area (Å²) in [6.07, 6.45) is 0.554. The van der Waals surface area contributed by atoms with E-state index in [4.69, 9.17) is 4.74 Å². The van der Waals surface area contributed by atoms with Gasteiger partial charge in [0.15, 0.2) is 0 Å². The third-order valence-corrected chi connectivity index (χ3v) is 4.10. The van der Waals surface area contributed by atoms with Crippen molar-refractivity contribution in [2.24, 2.45) is 0 Å². The van der Waals surface area contributed by atoms with Gasteiger partial charge in [0.2, 0.25) is 5.91 Å². The minimum absolute atomic E-state index is 0.243. The molecule has 2 amide bonds. The number of amides is 2. The van der Waals surface area contributed by atoms with Gasteiger partial charge in [-0.3, -0.25) is 4.79 Å². The van der Waals surface area contributed by atoms with E-state index in [-0.39, 0.29) is 11.9 Å². The van der Waals surface area contributed by atoms with Crippen LogP contribution in [0.4, 0.5) is 4.79 Å². The van der Waals surface area contributed by atoms with Gasteiger partial charge in [-0.15, -0.1) is 0 Å². The molecule has 7 nitrogen and oxygen atoms in total. The van der Waals surface area contributed by atoms with Crippen LogP contribution >= 0.6 is 0 Å². The number of carbonyl (C=O) groups excluding carboxylic acids is 3. The number of hydrogen-bond acceptors (Lipinski definition) is 5. The number of carbonyl (C=O) groups is 3. The smallest absolute Gasteiger partial charge is 0.408 e. The molecule has 1 aliphatic carbocycles. The summed E-state index contributed by atoms with van der Waals surface area (Å²) in [5.74, 6) is -0.653. The van der Waals surface area contributed by atoms with Crippen LogP contribution in [0.3, 0.4) is 0 Å². The fourth-order valence-corrected chi connectivity index (χ4v) is 2.48. The minimum Gasteiger partial charge on any atom is -0.465 e. The summed E-state index contributed by atoms with van der Waals surface area (Å²) in [5, 5.41) is 5.58. The fraction of sp³-hybridized carbons (Fsp3) is 0.526. The van der Waals surface area contributed by atoms with Crippen LogP contribution in [0.5, 0.6) is 0 Å². The average Bonchev–Trinajstić information content (AvgIpc) is 3.33. The molecule has 1 unspecified atom stereocenters. The molecule has 0 heterocycles. The highest BCUT2D eigenvalue weighted by Crippen LogP contribution is 2.36. The van der Waals surface area contributed by atoms with Crippen LogP contribution in [0, 0.1) is 0 Å². The van der Waals surface area contributed by atoms with Crippen LogP contribution in [-0.4, -0.2) is 36.2 Å². The summed E-state index contributed by atoms with van der Waals surface area (Å²) >= 11 is 0. The van der Waals surface area contributed by atoms with Gasteiger partial charge < -0.3 is 20.1 Å². The van der Waals surface area contributed by atoms with Crippen molar-refractivity contribution in [3.05, 3.63) is 35.4 Å². The number of esters is 1. The molecule has 1 aromatic rings. The first-order valence-corrected chi connectivity index (χ1v) is 8.57. The second kappa shape index (κ2) is 7.35.